The van der Waals surface area contributed by atoms with Gasteiger partial charge in [-0.2, -0.15) is 0 Å². The number of carboxylic acid groups (broad SMARTS) is 2. The summed E-state index contributed by atoms with van der Waals surface area (Å²) in [6.45, 7) is 1.83. The van der Waals surface area contributed by atoms with Gasteiger partial charge in [0.05, 0.1) is 5.92 Å². The quantitative estimate of drug-likeness (QED) is 0.615. The van der Waals surface area contributed by atoms with E-state index >= 15 is 0 Å². The molecular formula is C10H16O4. The highest BCUT2D eigenvalue weighted by atomic mass is 16.4. The standard InChI is InChI=1S/C10H16O4/c1-2-3-5-8(10(13)14)6-4-7-9(11)12/h2-3,8H,4-7H2,1H3,(H,11,12)(H,13,14). The van der Waals surface area contributed by atoms with Crippen LogP contribution in [-0.2, 0) is 9.59 Å². The van der Waals surface area contributed by atoms with Crippen LogP contribution in [0.2, 0.25) is 0 Å². The SMILES string of the molecule is CC=CCC(CCCC(=O)O)C(=O)O. The second kappa shape index (κ2) is 7.12. The van der Waals surface area contributed by atoms with Crippen molar-refractivity contribution in [3.8, 4) is 0 Å². The monoisotopic (exact) mass is 200 g/mol. The largest absolute Gasteiger partial charge is 0.481 e. The van der Waals surface area contributed by atoms with Gasteiger partial charge < -0.3 is 10.2 Å². The molecule has 14 heavy (non-hydrogen) atoms. The molecular weight excluding hydrogens is 184 g/mol. The van der Waals surface area contributed by atoms with Crippen LogP contribution in [0.3, 0.4) is 0 Å². The second-order valence-electron chi connectivity index (χ2n) is 3.13. The van der Waals surface area contributed by atoms with Crippen molar-refractivity contribution in [3.63, 3.8) is 0 Å². The number of carbonyl (C=O) groups is 2. The fourth-order valence-corrected chi connectivity index (χ4v) is 1.14. The highest BCUT2D eigenvalue weighted by molar-refractivity contribution is 5.70. The molecule has 0 bridgehead atoms. The van der Waals surface area contributed by atoms with Gasteiger partial charge in [0.1, 0.15) is 0 Å². The zero-order chi connectivity index (χ0) is 11.0. The zero-order valence-electron chi connectivity index (χ0n) is 8.27. The molecule has 0 rings (SSSR count). The van der Waals surface area contributed by atoms with Crippen molar-refractivity contribution in [1.29, 1.82) is 0 Å². The van der Waals surface area contributed by atoms with E-state index in [-0.39, 0.29) is 6.42 Å². The van der Waals surface area contributed by atoms with E-state index in [0.717, 1.165) is 0 Å². The molecule has 0 fully saturated rings. The summed E-state index contributed by atoms with van der Waals surface area (Å²) in [5.74, 6) is -2.18. The highest BCUT2D eigenvalue weighted by Gasteiger charge is 2.15. The lowest BCUT2D eigenvalue weighted by atomic mass is 9.98. The van der Waals surface area contributed by atoms with Crippen LogP contribution in [-0.4, -0.2) is 22.2 Å². The van der Waals surface area contributed by atoms with Gasteiger partial charge in [0, 0.05) is 6.42 Å². The Kier molecular flexibility index (Phi) is 6.45. The molecule has 80 valence electrons. The minimum atomic E-state index is -0.875. The lowest BCUT2D eigenvalue weighted by Gasteiger charge is -2.08. The summed E-state index contributed by atoms with van der Waals surface area (Å²) >= 11 is 0. The molecule has 0 aliphatic heterocycles. The van der Waals surface area contributed by atoms with Crippen molar-refractivity contribution in [2.45, 2.75) is 32.6 Å². The predicted molar refractivity (Wildman–Crippen MR) is 52.0 cm³/mol. The molecule has 1 unspecified atom stereocenters. The first kappa shape index (κ1) is 12.7. The van der Waals surface area contributed by atoms with Crippen molar-refractivity contribution < 1.29 is 19.8 Å². The van der Waals surface area contributed by atoms with Crippen molar-refractivity contribution in [2.75, 3.05) is 0 Å². The first-order valence-electron chi connectivity index (χ1n) is 4.63. The van der Waals surface area contributed by atoms with Crippen molar-refractivity contribution in [1.82, 2.24) is 0 Å². The number of carboxylic acids is 2. The summed E-state index contributed by atoms with van der Waals surface area (Å²) in [5.41, 5.74) is 0. The lowest BCUT2D eigenvalue weighted by Crippen LogP contribution is -2.13. The van der Waals surface area contributed by atoms with Gasteiger partial charge in [0.2, 0.25) is 0 Å². The first-order chi connectivity index (χ1) is 6.57. The Bertz CT molecular complexity index is 220. The molecule has 0 amide bonds. The highest BCUT2D eigenvalue weighted by Crippen LogP contribution is 2.13. The Morgan fingerprint density at radius 2 is 2.00 bits per heavy atom. The van der Waals surface area contributed by atoms with E-state index in [9.17, 15) is 9.59 Å². The average Bonchev–Trinajstić information content (AvgIpc) is 2.09. The van der Waals surface area contributed by atoms with Crippen molar-refractivity contribution in [3.05, 3.63) is 12.2 Å². The van der Waals surface area contributed by atoms with Gasteiger partial charge in [-0.05, 0) is 26.2 Å². The fraction of sp³-hybridized carbons (Fsp3) is 0.600. The van der Waals surface area contributed by atoms with Crippen molar-refractivity contribution in [2.24, 2.45) is 5.92 Å². The van der Waals surface area contributed by atoms with Crippen LogP contribution >= 0.6 is 0 Å². The van der Waals surface area contributed by atoms with Gasteiger partial charge in [-0.25, -0.2) is 0 Å². The van der Waals surface area contributed by atoms with Crippen LogP contribution in [0, 0.1) is 5.92 Å². The fourth-order valence-electron chi connectivity index (χ4n) is 1.14. The maximum atomic E-state index is 10.7. The number of allylic oxidation sites excluding steroid dienone is 2. The molecule has 0 saturated carbocycles. The van der Waals surface area contributed by atoms with E-state index < -0.39 is 17.9 Å². The first-order valence-corrected chi connectivity index (χ1v) is 4.63. The van der Waals surface area contributed by atoms with E-state index in [1.165, 1.54) is 0 Å². The zero-order valence-corrected chi connectivity index (χ0v) is 8.27. The Morgan fingerprint density at radius 3 is 2.43 bits per heavy atom. The smallest absolute Gasteiger partial charge is 0.306 e. The number of aliphatic carboxylic acids is 2. The normalized spacial score (nSPS) is 12.9. The third-order valence-electron chi connectivity index (χ3n) is 1.95. The molecule has 0 radical (unpaired) electrons. The number of hydrogen-bond acceptors (Lipinski definition) is 2. The van der Waals surface area contributed by atoms with Gasteiger partial charge in [-0.15, -0.1) is 0 Å². The molecule has 0 aliphatic rings. The topological polar surface area (TPSA) is 74.6 Å². The molecule has 0 heterocycles. The molecule has 4 heteroatoms. The molecule has 1 atom stereocenters. The van der Waals surface area contributed by atoms with Crippen LogP contribution in [0.15, 0.2) is 12.2 Å². The summed E-state index contributed by atoms with van der Waals surface area (Å²) in [6, 6.07) is 0. The minimum Gasteiger partial charge on any atom is -0.481 e. The van der Waals surface area contributed by atoms with E-state index in [1.807, 2.05) is 6.92 Å². The summed E-state index contributed by atoms with van der Waals surface area (Å²) in [4.78, 5) is 20.9. The lowest BCUT2D eigenvalue weighted by molar-refractivity contribution is -0.143. The van der Waals surface area contributed by atoms with Gasteiger partial charge in [0.15, 0.2) is 0 Å². The van der Waals surface area contributed by atoms with Crippen LogP contribution in [0.25, 0.3) is 0 Å². The number of hydrogen-bond donors (Lipinski definition) is 2. The Hall–Kier alpha value is -1.32. The van der Waals surface area contributed by atoms with E-state index in [1.54, 1.807) is 12.2 Å². The molecule has 0 aromatic rings. The minimum absolute atomic E-state index is 0.0413. The Balaban J connectivity index is 3.85. The van der Waals surface area contributed by atoms with Crippen LogP contribution in [0.4, 0.5) is 0 Å². The van der Waals surface area contributed by atoms with E-state index in [0.29, 0.717) is 19.3 Å². The van der Waals surface area contributed by atoms with Gasteiger partial charge in [-0.1, -0.05) is 12.2 Å². The molecule has 0 spiro atoms. The van der Waals surface area contributed by atoms with Gasteiger partial charge >= 0.3 is 11.9 Å². The summed E-state index contributed by atoms with van der Waals surface area (Å²) in [7, 11) is 0. The van der Waals surface area contributed by atoms with Crippen LogP contribution in [0.5, 0.6) is 0 Å². The summed E-state index contributed by atoms with van der Waals surface area (Å²) < 4.78 is 0. The molecule has 0 saturated heterocycles. The Morgan fingerprint density at radius 1 is 1.36 bits per heavy atom. The summed E-state index contributed by atoms with van der Waals surface area (Å²) in [6.07, 6.45) is 4.95. The third kappa shape index (κ3) is 6.22. The maximum absolute atomic E-state index is 10.7. The second-order valence-corrected chi connectivity index (χ2v) is 3.13. The number of rotatable bonds is 7. The molecule has 0 aromatic carbocycles. The predicted octanol–water partition coefficient (Wildman–Crippen LogP) is 1.91. The molecule has 0 aromatic heterocycles. The van der Waals surface area contributed by atoms with Gasteiger partial charge in [-0.3, -0.25) is 9.59 Å². The van der Waals surface area contributed by atoms with Gasteiger partial charge in [0.25, 0.3) is 0 Å². The Labute approximate surface area is 83.2 Å². The molecule has 2 N–H and O–H groups in total. The summed E-state index contributed by atoms with van der Waals surface area (Å²) in [5, 5.41) is 17.2. The maximum Gasteiger partial charge on any atom is 0.306 e. The van der Waals surface area contributed by atoms with E-state index in [4.69, 9.17) is 10.2 Å². The van der Waals surface area contributed by atoms with Crippen LogP contribution in [0.1, 0.15) is 32.6 Å². The molecule has 4 nitrogen and oxygen atoms in total. The van der Waals surface area contributed by atoms with E-state index in [2.05, 4.69) is 0 Å². The average molecular weight is 200 g/mol. The van der Waals surface area contributed by atoms with Crippen LogP contribution < -0.4 is 0 Å². The third-order valence-corrected chi connectivity index (χ3v) is 1.95. The molecule has 0 aliphatic carbocycles. The van der Waals surface area contributed by atoms with Crippen molar-refractivity contribution >= 4 is 11.9 Å².